The first-order valence-corrected chi connectivity index (χ1v) is 9.71. The van der Waals surface area contributed by atoms with Crippen molar-refractivity contribution < 1.29 is 13.2 Å². The number of aromatic nitrogens is 2. The SMILES string of the molecule is Cc1ccc2nc(CNC(=O)Cc3ccc(S(C)(=O)=O)cc3)[nH]c2c1. The third-order valence-electron chi connectivity index (χ3n) is 3.86. The Bertz CT molecular complexity index is 1020. The van der Waals surface area contributed by atoms with Crippen LogP contribution in [0.1, 0.15) is 17.0 Å². The van der Waals surface area contributed by atoms with E-state index in [1.165, 1.54) is 12.1 Å². The van der Waals surface area contributed by atoms with Gasteiger partial charge in [-0.05, 0) is 42.3 Å². The van der Waals surface area contributed by atoms with Gasteiger partial charge in [0, 0.05) is 6.26 Å². The molecular weight excluding hydrogens is 338 g/mol. The van der Waals surface area contributed by atoms with Crippen LogP contribution in [0.4, 0.5) is 0 Å². The number of aromatic amines is 1. The molecule has 0 aliphatic carbocycles. The molecule has 2 aromatic carbocycles. The number of amides is 1. The summed E-state index contributed by atoms with van der Waals surface area (Å²) >= 11 is 0. The van der Waals surface area contributed by atoms with Crippen molar-refractivity contribution in [2.45, 2.75) is 24.8 Å². The smallest absolute Gasteiger partial charge is 0.224 e. The molecule has 130 valence electrons. The van der Waals surface area contributed by atoms with Crippen LogP contribution in [0.3, 0.4) is 0 Å². The molecule has 0 spiro atoms. The molecule has 0 saturated carbocycles. The summed E-state index contributed by atoms with van der Waals surface area (Å²) in [5, 5.41) is 2.82. The van der Waals surface area contributed by atoms with E-state index in [0.717, 1.165) is 28.4 Å². The lowest BCUT2D eigenvalue weighted by Gasteiger charge is -2.04. The van der Waals surface area contributed by atoms with E-state index in [4.69, 9.17) is 0 Å². The summed E-state index contributed by atoms with van der Waals surface area (Å²) in [5.74, 6) is 0.546. The molecule has 0 unspecified atom stereocenters. The van der Waals surface area contributed by atoms with Gasteiger partial charge in [-0.1, -0.05) is 18.2 Å². The number of aryl methyl sites for hydroxylation is 1. The fourth-order valence-electron chi connectivity index (χ4n) is 2.54. The number of sulfone groups is 1. The number of rotatable bonds is 5. The van der Waals surface area contributed by atoms with Gasteiger partial charge in [0.1, 0.15) is 5.82 Å². The van der Waals surface area contributed by atoms with E-state index in [0.29, 0.717) is 12.4 Å². The highest BCUT2D eigenvalue weighted by Gasteiger charge is 2.09. The Balaban J connectivity index is 1.60. The van der Waals surface area contributed by atoms with Gasteiger partial charge in [-0.25, -0.2) is 13.4 Å². The van der Waals surface area contributed by atoms with Crippen molar-refractivity contribution in [1.82, 2.24) is 15.3 Å². The van der Waals surface area contributed by atoms with Crippen molar-refractivity contribution in [1.29, 1.82) is 0 Å². The lowest BCUT2D eigenvalue weighted by atomic mass is 10.1. The summed E-state index contributed by atoms with van der Waals surface area (Å²) in [7, 11) is -3.22. The van der Waals surface area contributed by atoms with E-state index in [1.54, 1.807) is 12.1 Å². The van der Waals surface area contributed by atoms with Crippen molar-refractivity contribution >= 4 is 26.8 Å². The van der Waals surface area contributed by atoms with Gasteiger partial charge in [0.15, 0.2) is 9.84 Å². The highest BCUT2D eigenvalue weighted by atomic mass is 32.2. The van der Waals surface area contributed by atoms with Gasteiger partial charge in [0.25, 0.3) is 0 Å². The van der Waals surface area contributed by atoms with Crippen molar-refractivity contribution in [3.8, 4) is 0 Å². The van der Waals surface area contributed by atoms with Gasteiger partial charge in [0.05, 0.1) is 28.9 Å². The molecule has 0 bridgehead atoms. The van der Waals surface area contributed by atoms with E-state index >= 15 is 0 Å². The number of carbonyl (C=O) groups is 1. The van der Waals surface area contributed by atoms with E-state index in [2.05, 4.69) is 15.3 Å². The molecular formula is C18H19N3O3S. The van der Waals surface area contributed by atoms with E-state index < -0.39 is 9.84 Å². The third-order valence-corrected chi connectivity index (χ3v) is 4.98. The van der Waals surface area contributed by atoms with Crippen molar-refractivity contribution in [3.63, 3.8) is 0 Å². The number of H-pyrrole nitrogens is 1. The van der Waals surface area contributed by atoms with Crippen LogP contribution in [0.2, 0.25) is 0 Å². The van der Waals surface area contributed by atoms with Gasteiger partial charge < -0.3 is 10.3 Å². The molecule has 0 atom stereocenters. The summed E-state index contributed by atoms with van der Waals surface area (Å²) in [5.41, 5.74) is 3.71. The van der Waals surface area contributed by atoms with Crippen LogP contribution in [0, 0.1) is 6.92 Å². The first-order valence-electron chi connectivity index (χ1n) is 7.82. The molecule has 1 aromatic heterocycles. The monoisotopic (exact) mass is 357 g/mol. The van der Waals surface area contributed by atoms with Crippen molar-refractivity contribution in [2.75, 3.05) is 6.26 Å². The minimum Gasteiger partial charge on any atom is -0.349 e. The van der Waals surface area contributed by atoms with Crippen LogP contribution >= 0.6 is 0 Å². The quantitative estimate of drug-likeness (QED) is 0.732. The van der Waals surface area contributed by atoms with Crippen LogP contribution in [0.5, 0.6) is 0 Å². The zero-order chi connectivity index (χ0) is 18.0. The highest BCUT2D eigenvalue weighted by molar-refractivity contribution is 7.90. The molecule has 3 aromatic rings. The molecule has 0 aliphatic heterocycles. The number of nitrogens with zero attached hydrogens (tertiary/aromatic N) is 1. The maximum absolute atomic E-state index is 12.1. The third kappa shape index (κ3) is 4.24. The molecule has 0 aliphatic rings. The van der Waals surface area contributed by atoms with Crippen molar-refractivity contribution in [3.05, 3.63) is 59.4 Å². The minimum absolute atomic E-state index is 0.149. The number of imidazole rings is 1. The van der Waals surface area contributed by atoms with Crippen molar-refractivity contribution in [2.24, 2.45) is 0 Å². The lowest BCUT2D eigenvalue weighted by Crippen LogP contribution is -2.25. The molecule has 0 saturated heterocycles. The van der Waals surface area contributed by atoms with Gasteiger partial charge in [-0.15, -0.1) is 0 Å². The lowest BCUT2D eigenvalue weighted by molar-refractivity contribution is -0.120. The maximum atomic E-state index is 12.1. The molecule has 25 heavy (non-hydrogen) atoms. The Morgan fingerprint density at radius 3 is 2.56 bits per heavy atom. The van der Waals surface area contributed by atoms with Gasteiger partial charge in [-0.3, -0.25) is 4.79 Å². The summed E-state index contributed by atoms with van der Waals surface area (Å²) < 4.78 is 22.9. The summed E-state index contributed by atoms with van der Waals surface area (Å²) in [6.45, 7) is 2.32. The second-order valence-electron chi connectivity index (χ2n) is 6.07. The average Bonchev–Trinajstić information content (AvgIpc) is 2.94. The van der Waals surface area contributed by atoms with Gasteiger partial charge >= 0.3 is 0 Å². The van der Waals surface area contributed by atoms with E-state index in [9.17, 15) is 13.2 Å². The Kier molecular flexibility index (Phi) is 4.59. The van der Waals surface area contributed by atoms with Gasteiger partial charge in [0.2, 0.25) is 5.91 Å². The zero-order valence-corrected chi connectivity index (χ0v) is 14.9. The molecule has 1 amide bonds. The Morgan fingerprint density at radius 1 is 1.16 bits per heavy atom. The van der Waals surface area contributed by atoms with E-state index in [1.807, 2.05) is 25.1 Å². The first kappa shape index (κ1) is 17.2. The number of nitrogens with one attached hydrogen (secondary N) is 2. The van der Waals surface area contributed by atoms with Crippen LogP contribution in [0.25, 0.3) is 11.0 Å². The Morgan fingerprint density at radius 2 is 1.88 bits per heavy atom. The molecule has 6 nitrogen and oxygen atoms in total. The fourth-order valence-corrected chi connectivity index (χ4v) is 3.18. The number of hydrogen-bond donors (Lipinski definition) is 2. The molecule has 2 N–H and O–H groups in total. The Labute approximate surface area is 146 Å². The molecule has 7 heteroatoms. The predicted octanol–water partition coefficient (Wildman–Crippen LogP) is 2.13. The maximum Gasteiger partial charge on any atom is 0.224 e. The molecule has 3 rings (SSSR count). The minimum atomic E-state index is -3.22. The first-order chi connectivity index (χ1) is 11.8. The number of carbonyl (C=O) groups excluding carboxylic acids is 1. The molecule has 0 radical (unpaired) electrons. The predicted molar refractivity (Wildman–Crippen MR) is 95.9 cm³/mol. The summed E-state index contributed by atoms with van der Waals surface area (Å²) in [4.78, 5) is 19.9. The molecule has 1 heterocycles. The second kappa shape index (κ2) is 6.68. The average molecular weight is 357 g/mol. The topological polar surface area (TPSA) is 91.9 Å². The standard InChI is InChI=1S/C18H19N3O3S/c1-12-3-8-15-16(9-12)21-17(20-15)11-19-18(22)10-13-4-6-14(7-5-13)25(2,23)24/h3-9H,10-11H2,1-2H3,(H,19,22)(H,20,21). The second-order valence-corrected chi connectivity index (χ2v) is 8.09. The van der Waals surface area contributed by atoms with Crippen LogP contribution in [0.15, 0.2) is 47.4 Å². The Hall–Kier alpha value is -2.67. The highest BCUT2D eigenvalue weighted by Crippen LogP contribution is 2.13. The molecule has 0 fully saturated rings. The number of benzene rings is 2. The summed E-state index contributed by atoms with van der Waals surface area (Å²) in [6.07, 6.45) is 1.34. The van der Waals surface area contributed by atoms with Crippen LogP contribution < -0.4 is 5.32 Å². The van der Waals surface area contributed by atoms with Gasteiger partial charge in [-0.2, -0.15) is 0 Å². The summed E-state index contributed by atoms with van der Waals surface area (Å²) in [6, 6.07) is 12.3. The largest absolute Gasteiger partial charge is 0.349 e. The number of fused-ring (bicyclic) bond motifs is 1. The van der Waals surface area contributed by atoms with Crippen LogP contribution in [-0.4, -0.2) is 30.5 Å². The zero-order valence-electron chi connectivity index (χ0n) is 14.0. The number of hydrogen-bond acceptors (Lipinski definition) is 4. The normalized spacial score (nSPS) is 11.6. The van der Waals surface area contributed by atoms with Crippen LogP contribution in [-0.2, 0) is 27.6 Å². The van der Waals surface area contributed by atoms with E-state index in [-0.39, 0.29) is 17.2 Å². The fraction of sp³-hybridized carbons (Fsp3) is 0.222.